The third-order valence-corrected chi connectivity index (χ3v) is 22.9. The van der Waals surface area contributed by atoms with Gasteiger partial charge in [-0.3, -0.25) is 4.90 Å². The van der Waals surface area contributed by atoms with Crippen molar-refractivity contribution in [2.45, 2.75) is 99.3 Å². The van der Waals surface area contributed by atoms with Crippen molar-refractivity contribution in [2.75, 3.05) is 21.4 Å². The lowest BCUT2D eigenvalue weighted by Crippen LogP contribution is -2.75. The zero-order valence-corrected chi connectivity index (χ0v) is 52.5. The van der Waals surface area contributed by atoms with E-state index in [2.05, 4.69) is 224 Å². The molecule has 10 aromatic carbocycles. The number of para-hydroxylation sites is 4. The van der Waals surface area contributed by atoms with Gasteiger partial charge in [-0.05, 0) is 150 Å². The second kappa shape index (κ2) is 20.7. The fourth-order valence-electron chi connectivity index (χ4n) is 13.5. The van der Waals surface area contributed by atoms with E-state index in [1.807, 2.05) is 54.6 Å². The molecule has 0 unspecified atom stereocenters. The van der Waals surface area contributed by atoms with Crippen molar-refractivity contribution in [2.24, 2.45) is 0 Å². The summed E-state index contributed by atoms with van der Waals surface area (Å²) in [7, 11) is -3.15. The normalized spacial score (nSPS) is 15.4. The molecule has 3 aliphatic heterocycles. The molecule has 5 nitrogen and oxygen atoms in total. The number of aryl methyl sites for hydroxylation is 3. The molecule has 0 fully saturated rings. The predicted molar refractivity (Wildman–Crippen MR) is 370 cm³/mol. The molecule has 14 rings (SSSR count). The topological polar surface area (TPSA) is 31.8 Å². The molecule has 3 aliphatic rings. The number of aromatic nitrogens is 1. The van der Waals surface area contributed by atoms with Crippen LogP contribution in [0.15, 0.2) is 231 Å². The van der Waals surface area contributed by atoms with Crippen molar-refractivity contribution < 1.29 is 15.7 Å². The first-order valence-electron chi connectivity index (χ1n) is 34.2. The van der Waals surface area contributed by atoms with E-state index in [4.69, 9.17) is 17.9 Å². The number of anilines is 7. The standard InChI is InChI=1S/C81H76N4OSi/c1-52-32-39-73-66(42-52)67-43-53(2)33-40-74(67)87(73)75-31-19-18-30-71(75)85(77-44-54(3)68(50-82-77)56-34-36-58(37-35-56)79(4,5)6)72-49-63(38-41-76(72)87)86-62-25-20-24-61(48-62)83-51-84(70-29-17-16-28-69(70)83)78-64(55-22-14-13-15-23-55)26-21-27-65(78)57-45-59(80(7,8)9)47-60(46-57)81(10,11)12/h13-50H,51H2,1-12H3/i3D3,13D,14D,15D,22D,23D. The molecule has 0 atom stereocenters. The van der Waals surface area contributed by atoms with E-state index in [9.17, 15) is 2.74 Å². The summed E-state index contributed by atoms with van der Waals surface area (Å²) in [6.07, 6.45) is 1.73. The minimum atomic E-state index is -3.15. The highest BCUT2D eigenvalue weighted by Crippen LogP contribution is 2.52. The molecule has 6 heteroatoms. The first kappa shape index (κ1) is 47.0. The van der Waals surface area contributed by atoms with E-state index in [0.717, 1.165) is 67.0 Å². The van der Waals surface area contributed by atoms with E-state index in [0.29, 0.717) is 40.8 Å². The number of ether oxygens (including phenoxy) is 1. The number of rotatable bonds is 8. The van der Waals surface area contributed by atoms with Crippen molar-refractivity contribution in [1.82, 2.24) is 4.98 Å². The third-order valence-electron chi connectivity index (χ3n) is 18.0. The highest BCUT2D eigenvalue weighted by molar-refractivity contribution is 7.23. The Balaban J connectivity index is 0.916. The van der Waals surface area contributed by atoms with Gasteiger partial charge in [-0.25, -0.2) is 4.98 Å². The largest absolute Gasteiger partial charge is 0.457 e. The van der Waals surface area contributed by atoms with Gasteiger partial charge in [0.25, 0.3) is 0 Å². The summed E-state index contributed by atoms with van der Waals surface area (Å²) in [6, 6.07) is 65.8. The van der Waals surface area contributed by atoms with Crippen LogP contribution in [0.2, 0.25) is 0 Å². The van der Waals surface area contributed by atoms with Crippen LogP contribution in [0.5, 0.6) is 11.5 Å². The van der Waals surface area contributed by atoms with E-state index >= 15 is 0 Å². The zero-order valence-electron chi connectivity index (χ0n) is 59.5. The molecule has 0 amide bonds. The number of hydrogen-bond donors (Lipinski definition) is 0. The number of fused-ring (bicyclic) bond motifs is 10. The quantitative estimate of drug-likeness (QED) is 0.142. The van der Waals surface area contributed by atoms with Crippen LogP contribution < -0.4 is 40.2 Å². The van der Waals surface area contributed by atoms with Gasteiger partial charge in [0.2, 0.25) is 0 Å². The van der Waals surface area contributed by atoms with Crippen LogP contribution in [-0.4, -0.2) is 19.7 Å². The van der Waals surface area contributed by atoms with Gasteiger partial charge in [-0.2, -0.15) is 0 Å². The number of pyridine rings is 1. The minimum absolute atomic E-state index is 0.0875. The number of nitrogens with zero attached hydrogens (tertiary/aromatic N) is 4. The fraction of sp³-hybridized carbons (Fsp3) is 0.198. The summed E-state index contributed by atoms with van der Waals surface area (Å²) in [4.78, 5) is 11.8. The lowest BCUT2D eigenvalue weighted by molar-refractivity contribution is 0.483. The molecule has 1 spiro atoms. The minimum Gasteiger partial charge on any atom is -0.457 e. The summed E-state index contributed by atoms with van der Waals surface area (Å²) >= 11 is 0. The molecule has 0 saturated heterocycles. The van der Waals surface area contributed by atoms with E-state index in [1.165, 1.54) is 37.8 Å². The van der Waals surface area contributed by atoms with E-state index in [1.54, 1.807) is 12.3 Å². The first-order valence-corrected chi connectivity index (χ1v) is 32.2. The van der Waals surface area contributed by atoms with Gasteiger partial charge < -0.3 is 14.5 Å². The van der Waals surface area contributed by atoms with Crippen molar-refractivity contribution in [3.63, 3.8) is 0 Å². The van der Waals surface area contributed by atoms with Crippen molar-refractivity contribution in [3.05, 3.63) is 264 Å². The molecule has 11 aromatic rings. The monoisotopic (exact) mass is 1160 g/mol. The van der Waals surface area contributed by atoms with Gasteiger partial charge in [0, 0.05) is 50.5 Å². The van der Waals surface area contributed by atoms with Crippen molar-refractivity contribution in [1.29, 1.82) is 0 Å². The number of hydrogen-bond acceptors (Lipinski definition) is 5. The van der Waals surface area contributed by atoms with Gasteiger partial charge >= 0.3 is 0 Å². The van der Waals surface area contributed by atoms with Crippen LogP contribution in [0, 0.1) is 20.7 Å². The highest BCUT2D eigenvalue weighted by Gasteiger charge is 2.54. The van der Waals surface area contributed by atoms with Crippen molar-refractivity contribution >= 4 is 68.8 Å². The molecule has 0 radical (unpaired) electrons. The fourth-order valence-corrected chi connectivity index (χ4v) is 18.9. The van der Waals surface area contributed by atoms with Gasteiger partial charge in [0.1, 0.15) is 24.0 Å². The Kier molecular flexibility index (Phi) is 11.2. The average molecular weight is 1160 g/mol. The molecule has 4 heterocycles. The maximum atomic E-state index is 9.38. The maximum Gasteiger partial charge on any atom is 0.185 e. The van der Waals surface area contributed by atoms with Crippen LogP contribution in [0.25, 0.3) is 44.5 Å². The van der Waals surface area contributed by atoms with Gasteiger partial charge in [-0.1, -0.05) is 243 Å². The molecule has 0 aliphatic carbocycles. The lowest BCUT2D eigenvalue weighted by atomic mass is 9.78. The Labute approximate surface area is 527 Å². The van der Waals surface area contributed by atoms with Gasteiger partial charge in [-0.15, -0.1) is 0 Å². The Morgan fingerprint density at radius 3 is 1.67 bits per heavy atom. The molecule has 87 heavy (non-hydrogen) atoms. The second-order valence-electron chi connectivity index (χ2n) is 26.9. The van der Waals surface area contributed by atoms with Crippen LogP contribution in [0.1, 0.15) is 107 Å². The van der Waals surface area contributed by atoms with Crippen LogP contribution in [0.3, 0.4) is 0 Å². The maximum absolute atomic E-state index is 9.38. The Hall–Kier alpha value is -9.23. The summed E-state index contributed by atoms with van der Waals surface area (Å²) in [5.41, 5.74) is 16.8. The average Bonchev–Trinajstić information content (AvgIpc) is 1.58. The van der Waals surface area contributed by atoms with E-state index in [-0.39, 0.29) is 39.5 Å². The van der Waals surface area contributed by atoms with Crippen LogP contribution >= 0.6 is 0 Å². The van der Waals surface area contributed by atoms with Crippen LogP contribution in [-0.2, 0) is 16.2 Å². The summed E-state index contributed by atoms with van der Waals surface area (Å²) < 4.78 is 79.5. The number of benzene rings is 10. The highest BCUT2D eigenvalue weighted by atomic mass is 28.3. The summed E-state index contributed by atoms with van der Waals surface area (Å²) in [5, 5.41) is 4.89. The molecule has 0 bridgehead atoms. The summed E-state index contributed by atoms with van der Waals surface area (Å²) in [6.45, 7) is 21.9. The summed E-state index contributed by atoms with van der Waals surface area (Å²) in [5.74, 6) is 1.62. The van der Waals surface area contributed by atoms with Gasteiger partial charge in [0.15, 0.2) is 8.07 Å². The Morgan fingerprint density at radius 1 is 0.448 bits per heavy atom. The Morgan fingerprint density at radius 2 is 1.02 bits per heavy atom. The first-order chi connectivity index (χ1) is 45.0. The SMILES string of the molecule is [2H]c1c([2H])c([2H])c(-c2cccc(-c3cc(C(C)(C)C)cc(C(C)(C)C)c3)c2N2CN(c3cccc(Oc4ccc5c(c4)N(c4cc(C([2H])([2H])[2H])c(-c6ccc(C(C)(C)C)cc6)cn4)c4ccccc4[Si]54c5ccc(C)cc5-c5cc(C)ccc54)c3)c3ccccc32)c([2H])c1[2H]. The van der Waals surface area contributed by atoms with E-state index < -0.39 is 33.1 Å². The molecular formula is C81H76N4OSi. The predicted octanol–water partition coefficient (Wildman–Crippen LogP) is 19.1. The molecule has 0 N–H and O–H groups in total. The third kappa shape index (κ3) is 9.48. The molecule has 0 saturated carbocycles. The second-order valence-corrected chi connectivity index (χ2v) is 30.5. The molecule has 430 valence electrons. The molecular weight excluding hydrogens is 1070 g/mol. The van der Waals surface area contributed by atoms with Crippen LogP contribution in [0.4, 0.5) is 39.9 Å². The molecule has 1 aromatic heterocycles. The smallest absolute Gasteiger partial charge is 0.185 e. The van der Waals surface area contributed by atoms with Gasteiger partial charge in [0.05, 0.1) is 29.6 Å². The lowest BCUT2D eigenvalue weighted by Gasteiger charge is -2.43. The van der Waals surface area contributed by atoms with Crippen molar-refractivity contribution in [3.8, 4) is 56.0 Å². The zero-order chi connectivity index (χ0) is 67.2. The Bertz CT molecular complexity index is 4850.